The summed E-state index contributed by atoms with van der Waals surface area (Å²) in [7, 11) is -3.95. The van der Waals surface area contributed by atoms with Gasteiger partial charge in [-0.3, -0.25) is 4.57 Å². The molecule has 0 atom stereocenters. The van der Waals surface area contributed by atoms with E-state index >= 15 is 0 Å². The number of primary sulfonamides is 1. The molecule has 6 nitrogen and oxygen atoms in total. The predicted molar refractivity (Wildman–Crippen MR) is 84.3 cm³/mol. The molecule has 8 heteroatoms. The van der Waals surface area contributed by atoms with Crippen molar-refractivity contribution in [1.29, 1.82) is 0 Å². The SMILES string of the molecule is Cc1cccc(-c2nnc(S(N)(=O)=O)n2C(C)(C)C)c1Br. The molecule has 0 radical (unpaired) electrons. The van der Waals surface area contributed by atoms with Crippen molar-refractivity contribution in [3.8, 4) is 11.4 Å². The quantitative estimate of drug-likeness (QED) is 0.875. The van der Waals surface area contributed by atoms with Gasteiger partial charge in [-0.05, 0) is 49.2 Å². The van der Waals surface area contributed by atoms with Gasteiger partial charge in [0.15, 0.2) is 5.82 Å². The number of nitrogens with two attached hydrogens (primary N) is 1. The number of hydrogen-bond acceptors (Lipinski definition) is 4. The van der Waals surface area contributed by atoms with Gasteiger partial charge in [0, 0.05) is 15.6 Å². The van der Waals surface area contributed by atoms with Crippen LogP contribution < -0.4 is 5.14 Å². The van der Waals surface area contributed by atoms with E-state index in [-0.39, 0.29) is 5.16 Å². The van der Waals surface area contributed by atoms with Crippen LogP contribution in [0, 0.1) is 6.92 Å². The standard InChI is InChI=1S/C13H17BrN4O2S/c1-8-6-5-7-9(10(8)14)11-16-17-12(21(15,19)20)18(11)13(2,3)4/h5-7H,1-4H3,(H2,15,19,20). The number of sulfonamides is 1. The van der Waals surface area contributed by atoms with Crippen LogP contribution >= 0.6 is 15.9 Å². The van der Waals surface area contributed by atoms with Crippen LogP contribution in [0.25, 0.3) is 11.4 Å². The maximum Gasteiger partial charge on any atom is 0.273 e. The second-order valence-electron chi connectivity index (χ2n) is 5.79. The summed E-state index contributed by atoms with van der Waals surface area (Å²) in [4.78, 5) is 0. The second-order valence-corrected chi connectivity index (χ2v) is 8.04. The van der Waals surface area contributed by atoms with Gasteiger partial charge in [-0.1, -0.05) is 18.2 Å². The Bertz CT molecular complexity index is 791. The highest BCUT2D eigenvalue weighted by atomic mass is 79.9. The Kier molecular flexibility index (Phi) is 3.98. The van der Waals surface area contributed by atoms with Gasteiger partial charge in [0.05, 0.1) is 0 Å². The second kappa shape index (κ2) is 5.19. The summed E-state index contributed by atoms with van der Waals surface area (Å²) in [5, 5.41) is 12.8. The first-order valence-electron chi connectivity index (χ1n) is 6.27. The van der Waals surface area contributed by atoms with Crippen LogP contribution in [0.4, 0.5) is 0 Å². The third-order valence-corrected chi connectivity index (χ3v) is 4.82. The van der Waals surface area contributed by atoms with E-state index in [1.807, 2.05) is 45.9 Å². The van der Waals surface area contributed by atoms with Crippen molar-refractivity contribution in [2.75, 3.05) is 0 Å². The highest BCUT2D eigenvalue weighted by Gasteiger charge is 2.30. The first kappa shape index (κ1) is 16.1. The first-order valence-corrected chi connectivity index (χ1v) is 8.61. The predicted octanol–water partition coefficient (Wildman–Crippen LogP) is 2.42. The lowest BCUT2D eigenvalue weighted by molar-refractivity contribution is 0.366. The zero-order valence-electron chi connectivity index (χ0n) is 12.3. The summed E-state index contributed by atoms with van der Waals surface area (Å²) < 4.78 is 25.9. The Morgan fingerprint density at radius 2 is 1.86 bits per heavy atom. The Labute approximate surface area is 132 Å². The van der Waals surface area contributed by atoms with E-state index in [9.17, 15) is 8.42 Å². The Morgan fingerprint density at radius 3 is 2.38 bits per heavy atom. The van der Waals surface area contributed by atoms with Crippen LogP contribution in [0.5, 0.6) is 0 Å². The number of rotatable bonds is 2. The van der Waals surface area contributed by atoms with Crippen LogP contribution in [0.15, 0.2) is 27.8 Å². The molecule has 0 fully saturated rings. The van der Waals surface area contributed by atoms with Crippen LogP contribution in [-0.2, 0) is 15.6 Å². The Morgan fingerprint density at radius 1 is 1.24 bits per heavy atom. The highest BCUT2D eigenvalue weighted by molar-refractivity contribution is 9.10. The van der Waals surface area contributed by atoms with Crippen LogP contribution in [0.1, 0.15) is 26.3 Å². The van der Waals surface area contributed by atoms with Gasteiger partial charge in [-0.15, -0.1) is 10.2 Å². The number of aryl methyl sites for hydroxylation is 1. The van der Waals surface area contributed by atoms with E-state index in [0.29, 0.717) is 5.82 Å². The van der Waals surface area contributed by atoms with Crippen LogP contribution in [0.3, 0.4) is 0 Å². The smallest absolute Gasteiger partial charge is 0.273 e. The topological polar surface area (TPSA) is 90.9 Å². The zero-order valence-corrected chi connectivity index (χ0v) is 14.7. The molecular formula is C13H17BrN4O2S. The van der Waals surface area contributed by atoms with E-state index in [2.05, 4.69) is 26.1 Å². The summed E-state index contributed by atoms with van der Waals surface area (Å²) in [5.41, 5.74) is 1.25. The van der Waals surface area contributed by atoms with E-state index < -0.39 is 15.6 Å². The molecule has 0 aliphatic rings. The molecule has 0 amide bonds. The lowest BCUT2D eigenvalue weighted by Crippen LogP contribution is -2.29. The van der Waals surface area contributed by atoms with E-state index in [1.54, 1.807) is 4.57 Å². The maximum atomic E-state index is 11.7. The van der Waals surface area contributed by atoms with Crippen molar-refractivity contribution in [3.63, 3.8) is 0 Å². The third-order valence-electron chi connectivity index (χ3n) is 2.99. The maximum absolute atomic E-state index is 11.7. The van der Waals surface area contributed by atoms with Gasteiger partial charge in [-0.2, -0.15) is 0 Å². The number of aromatic nitrogens is 3. The normalized spacial score (nSPS) is 12.7. The molecular weight excluding hydrogens is 356 g/mol. The molecule has 1 aromatic heterocycles. The molecule has 0 aliphatic carbocycles. The van der Waals surface area contributed by atoms with Gasteiger partial charge in [-0.25, -0.2) is 13.6 Å². The summed E-state index contributed by atoms with van der Waals surface area (Å²) in [6, 6.07) is 5.69. The minimum atomic E-state index is -3.95. The van der Waals surface area contributed by atoms with Gasteiger partial charge < -0.3 is 0 Å². The number of halogens is 1. The van der Waals surface area contributed by atoms with E-state index in [1.165, 1.54) is 0 Å². The van der Waals surface area contributed by atoms with Crippen molar-refractivity contribution in [1.82, 2.24) is 14.8 Å². The Hall–Kier alpha value is -1.25. The average Bonchev–Trinajstić information content (AvgIpc) is 2.76. The lowest BCUT2D eigenvalue weighted by atomic mass is 10.1. The molecule has 2 rings (SSSR count). The van der Waals surface area contributed by atoms with Crippen molar-refractivity contribution >= 4 is 26.0 Å². The van der Waals surface area contributed by atoms with Crippen molar-refractivity contribution in [3.05, 3.63) is 28.2 Å². The summed E-state index contributed by atoms with van der Waals surface area (Å²) in [5.74, 6) is 0.460. The first-order chi connectivity index (χ1) is 9.53. The Balaban J connectivity index is 2.83. The monoisotopic (exact) mass is 372 g/mol. The molecule has 2 aromatic rings. The minimum Gasteiger partial charge on any atom is -0.291 e. The molecule has 21 heavy (non-hydrogen) atoms. The fourth-order valence-corrected chi connectivity index (χ4v) is 3.26. The van der Waals surface area contributed by atoms with Crippen LogP contribution in [0.2, 0.25) is 0 Å². The zero-order chi connectivity index (χ0) is 16.0. The van der Waals surface area contributed by atoms with Crippen molar-refractivity contribution in [2.45, 2.75) is 38.4 Å². The van der Waals surface area contributed by atoms with Crippen molar-refractivity contribution in [2.24, 2.45) is 5.14 Å². The molecule has 1 heterocycles. The number of hydrogen-bond donors (Lipinski definition) is 1. The summed E-state index contributed by atoms with van der Waals surface area (Å²) >= 11 is 3.52. The van der Waals surface area contributed by atoms with Gasteiger partial charge >= 0.3 is 0 Å². The summed E-state index contributed by atoms with van der Waals surface area (Å²) in [6.07, 6.45) is 0. The largest absolute Gasteiger partial charge is 0.291 e. The van der Waals surface area contributed by atoms with E-state index in [0.717, 1.165) is 15.6 Å². The molecule has 114 valence electrons. The highest BCUT2D eigenvalue weighted by Crippen LogP contribution is 2.33. The lowest BCUT2D eigenvalue weighted by Gasteiger charge is -2.24. The number of benzene rings is 1. The molecule has 0 bridgehead atoms. The number of nitrogens with zero attached hydrogens (tertiary/aromatic N) is 3. The molecule has 2 N–H and O–H groups in total. The fourth-order valence-electron chi connectivity index (χ4n) is 2.05. The van der Waals surface area contributed by atoms with E-state index in [4.69, 9.17) is 5.14 Å². The van der Waals surface area contributed by atoms with Gasteiger partial charge in [0.1, 0.15) is 0 Å². The molecule has 0 spiro atoms. The average molecular weight is 373 g/mol. The molecule has 0 aliphatic heterocycles. The van der Waals surface area contributed by atoms with Gasteiger partial charge in [0.25, 0.3) is 15.2 Å². The molecule has 0 unspecified atom stereocenters. The van der Waals surface area contributed by atoms with Crippen LogP contribution in [-0.4, -0.2) is 23.2 Å². The van der Waals surface area contributed by atoms with Gasteiger partial charge in [0.2, 0.25) is 0 Å². The summed E-state index contributed by atoms with van der Waals surface area (Å²) in [6.45, 7) is 7.57. The molecule has 0 saturated carbocycles. The molecule has 1 aromatic carbocycles. The fraction of sp³-hybridized carbons (Fsp3) is 0.385. The minimum absolute atomic E-state index is 0.238. The molecule has 0 saturated heterocycles. The third kappa shape index (κ3) is 3.02. The van der Waals surface area contributed by atoms with Crippen molar-refractivity contribution < 1.29 is 8.42 Å².